The van der Waals surface area contributed by atoms with E-state index in [-0.39, 0.29) is 10.8 Å². The molecule has 1 atom stereocenters. The maximum absolute atomic E-state index is 11.3. The van der Waals surface area contributed by atoms with Crippen LogP contribution in [0.1, 0.15) is 0 Å². The van der Waals surface area contributed by atoms with Crippen molar-refractivity contribution in [2.24, 2.45) is 0 Å². The molecule has 0 radical (unpaired) electrons. The van der Waals surface area contributed by atoms with Gasteiger partial charge in [0, 0.05) is 19.3 Å². The van der Waals surface area contributed by atoms with Crippen LogP contribution in [0.2, 0.25) is 0 Å². The largest absolute Gasteiger partial charge is 0.497 e. The van der Waals surface area contributed by atoms with Crippen molar-refractivity contribution in [1.82, 2.24) is 0 Å². The lowest BCUT2D eigenvalue weighted by Gasteiger charge is -2.21. The highest BCUT2D eigenvalue weighted by Crippen LogP contribution is 2.19. The number of methoxy groups -OCH3 is 2. The van der Waals surface area contributed by atoms with Crippen LogP contribution in [0.4, 0.5) is 5.69 Å². The monoisotopic (exact) mass is 301 g/mol. The maximum atomic E-state index is 11.3. The molecule has 1 aromatic rings. The van der Waals surface area contributed by atoms with E-state index in [2.05, 4.69) is 20.7 Å². The molecule has 0 fully saturated rings. The van der Waals surface area contributed by atoms with Crippen LogP contribution < -0.4 is 9.64 Å². The number of ether oxygens (including phenoxy) is 2. The first kappa shape index (κ1) is 13.8. The van der Waals surface area contributed by atoms with Crippen LogP contribution in [-0.4, -0.2) is 38.6 Å². The van der Waals surface area contributed by atoms with E-state index in [4.69, 9.17) is 4.74 Å². The Balaban J connectivity index is 2.62. The van der Waals surface area contributed by atoms with Crippen LogP contribution >= 0.6 is 15.9 Å². The Morgan fingerprint density at radius 2 is 1.94 bits per heavy atom. The van der Waals surface area contributed by atoms with Crippen molar-refractivity contribution in [2.45, 2.75) is 4.83 Å². The van der Waals surface area contributed by atoms with Gasteiger partial charge in [0.25, 0.3) is 0 Å². The Kier molecular flexibility index (Phi) is 5.28. The van der Waals surface area contributed by atoms with Gasteiger partial charge in [0.2, 0.25) is 0 Å². The number of alkyl halides is 1. The lowest BCUT2D eigenvalue weighted by molar-refractivity contribution is -0.139. The first-order valence-electron chi connectivity index (χ1n) is 5.15. The summed E-state index contributed by atoms with van der Waals surface area (Å²) >= 11 is 3.29. The number of anilines is 1. The predicted molar refractivity (Wildman–Crippen MR) is 71.0 cm³/mol. The predicted octanol–water partition coefficient (Wildman–Crippen LogP) is 2.07. The van der Waals surface area contributed by atoms with Crippen molar-refractivity contribution in [3.05, 3.63) is 24.3 Å². The normalized spacial score (nSPS) is 11.8. The van der Waals surface area contributed by atoms with E-state index < -0.39 is 0 Å². The zero-order chi connectivity index (χ0) is 12.8. The molecule has 1 rings (SSSR count). The molecule has 94 valence electrons. The third-order valence-corrected chi connectivity index (χ3v) is 3.07. The smallest absolute Gasteiger partial charge is 0.321 e. The number of benzene rings is 1. The number of halogens is 1. The molecule has 17 heavy (non-hydrogen) atoms. The van der Waals surface area contributed by atoms with Gasteiger partial charge in [0.15, 0.2) is 0 Å². The highest BCUT2D eigenvalue weighted by molar-refractivity contribution is 9.10. The van der Waals surface area contributed by atoms with Gasteiger partial charge in [0.1, 0.15) is 10.6 Å². The van der Waals surface area contributed by atoms with Gasteiger partial charge in [-0.2, -0.15) is 0 Å². The van der Waals surface area contributed by atoms with E-state index in [1.54, 1.807) is 7.11 Å². The number of rotatable bonds is 5. The fourth-order valence-electron chi connectivity index (χ4n) is 1.38. The van der Waals surface area contributed by atoms with Crippen LogP contribution in [0.15, 0.2) is 24.3 Å². The molecule has 0 amide bonds. The number of hydrogen-bond donors (Lipinski definition) is 0. The first-order valence-corrected chi connectivity index (χ1v) is 6.07. The molecule has 0 N–H and O–H groups in total. The van der Waals surface area contributed by atoms with Crippen LogP contribution in [0.5, 0.6) is 5.75 Å². The molecule has 0 heterocycles. The van der Waals surface area contributed by atoms with Gasteiger partial charge in [0.05, 0.1) is 14.2 Å². The highest BCUT2D eigenvalue weighted by Gasteiger charge is 2.17. The molecular formula is C12H16BrNO3. The van der Waals surface area contributed by atoms with E-state index in [1.165, 1.54) is 7.11 Å². The molecule has 0 aliphatic heterocycles. The van der Waals surface area contributed by atoms with E-state index in [0.29, 0.717) is 6.54 Å². The molecule has 0 aliphatic rings. The van der Waals surface area contributed by atoms with Crippen LogP contribution in [-0.2, 0) is 9.53 Å². The summed E-state index contributed by atoms with van der Waals surface area (Å²) in [6.07, 6.45) is 0. The number of nitrogens with zero attached hydrogens (tertiary/aromatic N) is 1. The molecule has 0 saturated carbocycles. The molecule has 0 aromatic heterocycles. The molecule has 5 heteroatoms. The van der Waals surface area contributed by atoms with Crippen LogP contribution in [0.25, 0.3) is 0 Å². The third-order valence-electron chi connectivity index (χ3n) is 2.40. The lowest BCUT2D eigenvalue weighted by atomic mass is 10.2. The van der Waals surface area contributed by atoms with Gasteiger partial charge in [-0.25, -0.2) is 0 Å². The minimum absolute atomic E-state index is 0.273. The van der Waals surface area contributed by atoms with Crippen molar-refractivity contribution in [3.63, 3.8) is 0 Å². The van der Waals surface area contributed by atoms with Crippen molar-refractivity contribution in [3.8, 4) is 5.75 Å². The average molecular weight is 302 g/mol. The lowest BCUT2D eigenvalue weighted by Crippen LogP contribution is -2.31. The van der Waals surface area contributed by atoms with Gasteiger partial charge in [-0.15, -0.1) is 0 Å². The molecule has 4 nitrogen and oxygen atoms in total. The molecule has 1 unspecified atom stereocenters. The highest BCUT2D eigenvalue weighted by atomic mass is 79.9. The maximum Gasteiger partial charge on any atom is 0.321 e. The van der Waals surface area contributed by atoms with Gasteiger partial charge < -0.3 is 14.4 Å². The summed E-state index contributed by atoms with van der Waals surface area (Å²) in [6, 6.07) is 7.64. The fraction of sp³-hybridized carbons (Fsp3) is 0.417. The summed E-state index contributed by atoms with van der Waals surface area (Å²) < 4.78 is 9.74. The Morgan fingerprint density at radius 3 is 2.41 bits per heavy atom. The molecule has 0 aliphatic carbocycles. The summed E-state index contributed by atoms with van der Waals surface area (Å²) in [5.41, 5.74) is 1.01. The summed E-state index contributed by atoms with van der Waals surface area (Å²) in [5, 5.41) is 0. The molecule has 0 bridgehead atoms. The number of esters is 1. The van der Waals surface area contributed by atoms with Crippen molar-refractivity contribution >= 4 is 27.6 Å². The zero-order valence-electron chi connectivity index (χ0n) is 10.1. The second kappa shape index (κ2) is 6.49. The first-order chi connectivity index (χ1) is 8.08. The van der Waals surface area contributed by atoms with Gasteiger partial charge in [-0.3, -0.25) is 4.79 Å². The Morgan fingerprint density at radius 1 is 1.35 bits per heavy atom. The minimum atomic E-state index is -0.334. The second-order valence-corrected chi connectivity index (χ2v) is 4.67. The van der Waals surface area contributed by atoms with E-state index in [0.717, 1.165) is 11.4 Å². The van der Waals surface area contributed by atoms with Crippen LogP contribution in [0.3, 0.4) is 0 Å². The average Bonchev–Trinajstić information content (AvgIpc) is 2.37. The molecule has 0 saturated heterocycles. The van der Waals surface area contributed by atoms with Gasteiger partial charge in [-0.05, 0) is 24.3 Å². The second-order valence-electron chi connectivity index (χ2n) is 3.57. The summed E-state index contributed by atoms with van der Waals surface area (Å²) in [5.74, 6) is 0.538. The Labute approximate surface area is 110 Å². The van der Waals surface area contributed by atoms with E-state index >= 15 is 0 Å². The minimum Gasteiger partial charge on any atom is -0.497 e. The molecular weight excluding hydrogens is 286 g/mol. The summed E-state index contributed by atoms with van der Waals surface area (Å²) in [6.45, 7) is 0.541. The Bertz CT molecular complexity index is 367. The number of carbonyl (C=O) groups excluding carboxylic acids is 1. The quantitative estimate of drug-likeness (QED) is 0.616. The topological polar surface area (TPSA) is 38.8 Å². The van der Waals surface area contributed by atoms with Crippen molar-refractivity contribution in [2.75, 3.05) is 32.7 Å². The van der Waals surface area contributed by atoms with Crippen molar-refractivity contribution < 1.29 is 14.3 Å². The van der Waals surface area contributed by atoms with E-state index in [1.807, 2.05) is 36.2 Å². The van der Waals surface area contributed by atoms with Gasteiger partial charge >= 0.3 is 5.97 Å². The molecule has 1 aromatic carbocycles. The SMILES string of the molecule is COC(=O)C(Br)CN(C)c1ccc(OC)cc1. The summed E-state index contributed by atoms with van der Waals surface area (Å²) in [7, 11) is 4.92. The Hall–Kier alpha value is -1.23. The van der Waals surface area contributed by atoms with Gasteiger partial charge in [-0.1, -0.05) is 15.9 Å². The summed E-state index contributed by atoms with van der Waals surface area (Å²) in [4.78, 5) is 12.9. The standard InChI is InChI=1S/C12H16BrNO3/c1-14(8-11(13)12(15)17-3)9-4-6-10(16-2)7-5-9/h4-7,11H,8H2,1-3H3. The zero-order valence-corrected chi connectivity index (χ0v) is 11.7. The van der Waals surface area contributed by atoms with E-state index in [9.17, 15) is 4.79 Å². The number of carbonyl (C=O) groups is 1. The van der Waals surface area contributed by atoms with Crippen molar-refractivity contribution in [1.29, 1.82) is 0 Å². The fourth-order valence-corrected chi connectivity index (χ4v) is 2.01. The third kappa shape index (κ3) is 3.93. The van der Waals surface area contributed by atoms with Crippen LogP contribution in [0, 0.1) is 0 Å². The molecule has 0 spiro atoms. The number of hydrogen-bond acceptors (Lipinski definition) is 4.